The number of hydrogen-bond acceptors (Lipinski definition) is 6. The number of ether oxygens (including phenoxy) is 1. The molecule has 3 amide bonds. The van der Waals surface area contributed by atoms with Crippen molar-refractivity contribution in [3.63, 3.8) is 0 Å². The van der Waals surface area contributed by atoms with Gasteiger partial charge in [-0.2, -0.15) is 0 Å². The minimum absolute atomic E-state index is 0.0885. The summed E-state index contributed by atoms with van der Waals surface area (Å²) < 4.78 is 23.2. The maximum atomic E-state index is 16.4. The Morgan fingerprint density at radius 3 is 2.33 bits per heavy atom. The van der Waals surface area contributed by atoms with E-state index in [0.29, 0.717) is 41.2 Å². The SMILES string of the molecule is C[C@H]1[C@H]([Si](C)(C)F)[C@@H](CC(=O)N2Cc3ccccc3C[C@H]2CO)O[C@]12C(=O)N(Cc1ccc(NC(=O)c3ccc(N)cc3)cc1)c1ccccc12. The number of carbonyl (C=O) groups is 3. The minimum atomic E-state index is -3.49. The largest absolute Gasteiger partial charge is 0.399 e. The van der Waals surface area contributed by atoms with Gasteiger partial charge in [-0.15, -0.1) is 0 Å². The predicted octanol–water partition coefficient (Wildman–Crippen LogP) is 6.18. The van der Waals surface area contributed by atoms with Gasteiger partial charge in [-0.25, -0.2) is 0 Å². The molecular formula is C40H43FN4O5Si. The molecule has 4 aromatic rings. The standard InChI is InChI=1S/C40H43FN4O5Si/c1-25-37(51(2,3)41)35(21-36(47)44-23-29-9-5-4-8-28(29)20-32(44)24-46)50-40(25)33-10-6-7-11-34(33)45(39(40)49)22-26-12-18-31(19-13-26)43-38(48)27-14-16-30(42)17-15-27/h4-19,25,32,35,37,46H,20-24,42H2,1-3H3,(H,43,48)/t25-,32-,35+,37-,40+/m0/s1. The Bertz CT molecular complexity index is 1970. The van der Waals surface area contributed by atoms with Crippen molar-refractivity contribution in [2.24, 2.45) is 5.92 Å². The van der Waals surface area contributed by atoms with Gasteiger partial charge in [-0.1, -0.05) is 61.5 Å². The summed E-state index contributed by atoms with van der Waals surface area (Å²) in [6, 6.07) is 28.9. The molecule has 0 aliphatic carbocycles. The van der Waals surface area contributed by atoms with Gasteiger partial charge in [0.1, 0.15) is 0 Å². The number of anilines is 3. The third-order valence-corrected chi connectivity index (χ3v) is 13.3. The second-order valence-corrected chi connectivity index (χ2v) is 18.3. The number of aliphatic hydroxyl groups is 1. The Balaban J connectivity index is 1.13. The lowest BCUT2D eigenvalue weighted by molar-refractivity contribution is -0.151. The molecule has 5 atom stereocenters. The van der Waals surface area contributed by atoms with Gasteiger partial charge in [-0.3, -0.25) is 14.4 Å². The Labute approximate surface area is 298 Å². The summed E-state index contributed by atoms with van der Waals surface area (Å²) >= 11 is 0. The molecule has 7 rings (SSSR count). The number of aliphatic hydroxyl groups excluding tert-OH is 1. The number of nitrogen functional groups attached to an aromatic ring is 1. The van der Waals surface area contributed by atoms with Crippen molar-refractivity contribution in [1.29, 1.82) is 0 Å². The van der Waals surface area contributed by atoms with Crippen molar-refractivity contribution in [2.75, 3.05) is 22.6 Å². The smallest absolute Gasteiger partial charge is 0.264 e. The van der Waals surface area contributed by atoms with E-state index < -0.39 is 37.6 Å². The highest BCUT2D eigenvalue weighted by atomic mass is 28.4. The van der Waals surface area contributed by atoms with Crippen LogP contribution in [0.1, 0.15) is 46.0 Å². The first-order valence-electron chi connectivity index (χ1n) is 17.4. The predicted molar refractivity (Wildman–Crippen MR) is 197 cm³/mol. The summed E-state index contributed by atoms with van der Waals surface area (Å²) in [5, 5.41) is 13.1. The van der Waals surface area contributed by atoms with E-state index in [0.717, 1.165) is 16.7 Å². The van der Waals surface area contributed by atoms with E-state index in [1.165, 1.54) is 0 Å². The van der Waals surface area contributed by atoms with Crippen LogP contribution in [0.15, 0.2) is 97.1 Å². The van der Waals surface area contributed by atoms with Crippen molar-refractivity contribution in [1.82, 2.24) is 4.90 Å². The van der Waals surface area contributed by atoms with Crippen LogP contribution in [0.25, 0.3) is 0 Å². The van der Waals surface area contributed by atoms with Crippen LogP contribution in [0.4, 0.5) is 21.2 Å². The average Bonchev–Trinajstić information content (AvgIpc) is 3.54. The zero-order chi connectivity index (χ0) is 36.1. The molecule has 3 aliphatic heterocycles. The minimum Gasteiger partial charge on any atom is -0.399 e. The van der Waals surface area contributed by atoms with E-state index in [9.17, 15) is 19.5 Å². The third-order valence-electron chi connectivity index (χ3n) is 10.9. The fourth-order valence-corrected chi connectivity index (χ4v) is 10.9. The highest BCUT2D eigenvalue weighted by molar-refractivity contribution is 6.72. The quantitative estimate of drug-likeness (QED) is 0.114. The molecule has 1 saturated heterocycles. The Kier molecular flexibility index (Phi) is 9.07. The van der Waals surface area contributed by atoms with Crippen LogP contribution in [0, 0.1) is 5.92 Å². The molecule has 0 saturated carbocycles. The molecule has 3 heterocycles. The van der Waals surface area contributed by atoms with Gasteiger partial charge in [0.15, 0.2) is 5.60 Å². The van der Waals surface area contributed by atoms with Crippen molar-refractivity contribution < 1.29 is 28.3 Å². The van der Waals surface area contributed by atoms with Gasteiger partial charge in [0.05, 0.1) is 37.4 Å². The molecular weight excluding hydrogens is 664 g/mol. The lowest BCUT2D eigenvalue weighted by Gasteiger charge is -2.37. The summed E-state index contributed by atoms with van der Waals surface area (Å²) in [6.45, 7) is 5.53. The van der Waals surface area contributed by atoms with Crippen LogP contribution in [-0.4, -0.2) is 54.9 Å². The van der Waals surface area contributed by atoms with Gasteiger partial charge in [0, 0.05) is 40.5 Å². The normalized spacial score (nSPS) is 24.1. The maximum absolute atomic E-state index is 16.4. The molecule has 11 heteroatoms. The molecule has 51 heavy (non-hydrogen) atoms. The van der Waals surface area contributed by atoms with Crippen LogP contribution in [0.3, 0.4) is 0 Å². The number of amides is 3. The monoisotopic (exact) mass is 706 g/mol. The number of halogens is 1. The summed E-state index contributed by atoms with van der Waals surface area (Å²) in [4.78, 5) is 44.9. The van der Waals surface area contributed by atoms with Crippen LogP contribution < -0.4 is 16.0 Å². The number of fused-ring (bicyclic) bond motifs is 3. The van der Waals surface area contributed by atoms with E-state index in [2.05, 4.69) is 5.32 Å². The molecule has 1 fully saturated rings. The summed E-state index contributed by atoms with van der Waals surface area (Å²) in [5.74, 6) is -1.31. The third kappa shape index (κ3) is 6.23. The number of nitrogens with two attached hydrogens (primary N) is 1. The van der Waals surface area contributed by atoms with Crippen molar-refractivity contribution >= 4 is 43.2 Å². The van der Waals surface area contributed by atoms with Crippen molar-refractivity contribution in [3.05, 3.63) is 125 Å². The summed E-state index contributed by atoms with van der Waals surface area (Å²) in [6.07, 6.45) is -0.376. The molecule has 0 aromatic heterocycles. The van der Waals surface area contributed by atoms with E-state index in [4.69, 9.17) is 10.5 Å². The fourth-order valence-electron chi connectivity index (χ4n) is 8.40. The van der Waals surface area contributed by atoms with Gasteiger partial charge in [0.25, 0.3) is 11.8 Å². The van der Waals surface area contributed by atoms with E-state index in [1.807, 2.05) is 67.6 Å². The van der Waals surface area contributed by atoms with Crippen LogP contribution in [0.5, 0.6) is 0 Å². The lowest BCUT2D eigenvalue weighted by Crippen LogP contribution is -2.48. The molecule has 4 aromatic carbocycles. The number of nitrogens with zero attached hydrogens (tertiary/aromatic N) is 2. The van der Waals surface area contributed by atoms with E-state index in [1.54, 1.807) is 59.3 Å². The zero-order valence-electron chi connectivity index (χ0n) is 29.0. The Morgan fingerprint density at radius 2 is 1.65 bits per heavy atom. The van der Waals surface area contributed by atoms with E-state index in [-0.39, 0.29) is 37.3 Å². The van der Waals surface area contributed by atoms with Gasteiger partial charge < -0.3 is 34.8 Å². The van der Waals surface area contributed by atoms with Crippen LogP contribution in [-0.2, 0) is 39.4 Å². The topological polar surface area (TPSA) is 125 Å². The van der Waals surface area contributed by atoms with Gasteiger partial charge in [-0.05, 0) is 78.7 Å². The lowest BCUT2D eigenvalue weighted by atomic mass is 9.82. The highest BCUT2D eigenvalue weighted by Crippen LogP contribution is 2.60. The Morgan fingerprint density at radius 1 is 0.980 bits per heavy atom. The van der Waals surface area contributed by atoms with Gasteiger partial charge in [0.2, 0.25) is 14.3 Å². The molecule has 0 bridgehead atoms. The number of hydrogen-bond donors (Lipinski definition) is 3. The molecule has 264 valence electrons. The molecule has 0 radical (unpaired) electrons. The van der Waals surface area contributed by atoms with Crippen molar-refractivity contribution in [2.45, 2.75) is 69.2 Å². The summed E-state index contributed by atoms with van der Waals surface area (Å²) in [7, 11) is -3.49. The molecule has 1 spiro atoms. The first-order chi connectivity index (χ1) is 24.4. The first kappa shape index (κ1) is 34.6. The second-order valence-electron chi connectivity index (χ2n) is 14.5. The molecule has 4 N–H and O–H groups in total. The number of para-hydroxylation sites is 1. The first-order valence-corrected chi connectivity index (χ1v) is 20.4. The number of nitrogens with one attached hydrogen (secondary N) is 1. The van der Waals surface area contributed by atoms with Crippen LogP contribution in [0.2, 0.25) is 18.6 Å². The highest BCUT2D eigenvalue weighted by Gasteiger charge is 2.67. The average molecular weight is 707 g/mol. The van der Waals surface area contributed by atoms with Crippen molar-refractivity contribution in [3.8, 4) is 0 Å². The second kappa shape index (κ2) is 13.4. The number of benzene rings is 4. The molecule has 0 unspecified atom stereocenters. The van der Waals surface area contributed by atoms with Gasteiger partial charge >= 0.3 is 0 Å². The van der Waals surface area contributed by atoms with E-state index >= 15 is 4.11 Å². The molecule has 3 aliphatic rings. The Hall–Kier alpha value is -4.84. The molecule has 9 nitrogen and oxygen atoms in total. The summed E-state index contributed by atoms with van der Waals surface area (Å²) in [5.41, 5.74) is 9.63. The van der Waals surface area contributed by atoms with Crippen LogP contribution >= 0.6 is 0 Å². The number of carbonyl (C=O) groups excluding carboxylic acids is 3. The number of rotatable bonds is 8. The zero-order valence-corrected chi connectivity index (χ0v) is 30.0. The maximum Gasteiger partial charge on any atom is 0.264 e. The fraction of sp³-hybridized carbons (Fsp3) is 0.325.